The Kier molecular flexibility index (Phi) is 4.28. The molecule has 0 aliphatic rings. The van der Waals surface area contributed by atoms with Crippen molar-refractivity contribution in [3.05, 3.63) is 34.8 Å². The first-order valence-electron chi connectivity index (χ1n) is 6.85. The van der Waals surface area contributed by atoms with Crippen molar-refractivity contribution in [1.29, 1.82) is 0 Å². The molecule has 2 N–H and O–H groups in total. The van der Waals surface area contributed by atoms with Crippen LogP contribution in [0.25, 0.3) is 10.8 Å². The number of aromatic nitrogens is 4. The van der Waals surface area contributed by atoms with Crippen LogP contribution in [0.3, 0.4) is 0 Å². The summed E-state index contributed by atoms with van der Waals surface area (Å²) in [5.41, 5.74) is 0.945. The molecule has 0 spiro atoms. The van der Waals surface area contributed by atoms with Crippen LogP contribution in [0, 0.1) is 13.8 Å². The van der Waals surface area contributed by atoms with E-state index in [0.717, 1.165) is 4.88 Å². The minimum Gasteiger partial charge on any atom is -0.420 e. The van der Waals surface area contributed by atoms with E-state index in [1.54, 1.807) is 13.8 Å². The van der Waals surface area contributed by atoms with E-state index in [-0.39, 0.29) is 11.4 Å². The smallest absolute Gasteiger partial charge is 0.257 e. The van der Waals surface area contributed by atoms with E-state index in [1.807, 2.05) is 17.5 Å². The van der Waals surface area contributed by atoms with Crippen molar-refractivity contribution >= 4 is 21.4 Å². The summed E-state index contributed by atoms with van der Waals surface area (Å²) in [7, 11) is -3.62. The highest BCUT2D eigenvalue weighted by Gasteiger charge is 2.22. The Morgan fingerprint density at radius 2 is 2.17 bits per heavy atom. The minimum atomic E-state index is -3.62. The lowest BCUT2D eigenvalue weighted by Gasteiger charge is -2.05. The first kappa shape index (κ1) is 15.8. The maximum atomic E-state index is 12.3. The first-order chi connectivity index (χ1) is 11.0. The van der Waals surface area contributed by atoms with Gasteiger partial charge in [0, 0.05) is 13.0 Å². The number of nitrogens with one attached hydrogen (secondary N) is 2. The van der Waals surface area contributed by atoms with Gasteiger partial charge in [-0.15, -0.1) is 21.5 Å². The number of aryl methyl sites for hydroxylation is 2. The van der Waals surface area contributed by atoms with Crippen molar-refractivity contribution in [3.63, 3.8) is 0 Å². The molecule has 0 amide bonds. The van der Waals surface area contributed by atoms with Gasteiger partial charge in [0.25, 0.3) is 5.89 Å². The zero-order chi connectivity index (χ0) is 16.4. The molecule has 8 nitrogen and oxygen atoms in total. The monoisotopic (exact) mass is 353 g/mol. The number of sulfonamides is 1. The van der Waals surface area contributed by atoms with Gasteiger partial charge in [0.15, 0.2) is 0 Å². The third kappa shape index (κ3) is 3.33. The zero-order valence-electron chi connectivity index (χ0n) is 12.5. The number of rotatable bonds is 6. The van der Waals surface area contributed by atoms with Gasteiger partial charge in [-0.1, -0.05) is 6.07 Å². The standard InChI is InChI=1S/C13H15N5O3S2/c1-8-12(9(2)16-15-8)23(19,20)14-6-5-11-17-18-13(21-11)10-4-3-7-22-10/h3-4,7,14H,5-6H2,1-2H3,(H,15,16). The molecular formula is C13H15N5O3S2. The fourth-order valence-corrected chi connectivity index (χ4v) is 4.20. The molecule has 23 heavy (non-hydrogen) atoms. The molecule has 0 bridgehead atoms. The molecular weight excluding hydrogens is 338 g/mol. The number of nitrogens with zero attached hydrogens (tertiary/aromatic N) is 3. The van der Waals surface area contributed by atoms with Gasteiger partial charge in [-0.2, -0.15) is 5.10 Å². The third-order valence-corrected chi connectivity index (χ3v) is 5.74. The summed E-state index contributed by atoms with van der Waals surface area (Å²) in [5.74, 6) is 0.830. The van der Waals surface area contributed by atoms with E-state index in [1.165, 1.54) is 11.3 Å². The Balaban J connectivity index is 1.64. The quantitative estimate of drug-likeness (QED) is 0.696. The molecule has 0 radical (unpaired) electrons. The van der Waals surface area contributed by atoms with Gasteiger partial charge in [0.2, 0.25) is 15.9 Å². The molecule has 0 saturated heterocycles. The number of thiophene rings is 1. The summed E-state index contributed by atoms with van der Waals surface area (Å²) < 4.78 is 32.6. The summed E-state index contributed by atoms with van der Waals surface area (Å²) in [4.78, 5) is 1.07. The van der Waals surface area contributed by atoms with E-state index in [0.29, 0.717) is 29.6 Å². The topological polar surface area (TPSA) is 114 Å². The van der Waals surface area contributed by atoms with E-state index in [9.17, 15) is 8.42 Å². The second-order valence-electron chi connectivity index (χ2n) is 4.89. The highest BCUT2D eigenvalue weighted by molar-refractivity contribution is 7.89. The molecule has 3 rings (SSSR count). The Morgan fingerprint density at radius 3 is 2.83 bits per heavy atom. The summed E-state index contributed by atoms with van der Waals surface area (Å²) in [6, 6.07) is 3.78. The molecule has 0 aliphatic heterocycles. The molecule has 3 aromatic rings. The van der Waals surface area contributed by atoms with Crippen LogP contribution in [-0.2, 0) is 16.4 Å². The average molecular weight is 353 g/mol. The number of hydrogen-bond donors (Lipinski definition) is 2. The molecule has 3 heterocycles. The van der Waals surface area contributed by atoms with Crippen LogP contribution in [0.2, 0.25) is 0 Å². The normalized spacial score (nSPS) is 11.9. The van der Waals surface area contributed by atoms with Crippen molar-refractivity contribution in [2.24, 2.45) is 0 Å². The lowest BCUT2D eigenvalue weighted by Crippen LogP contribution is -2.27. The molecule has 0 aromatic carbocycles. The average Bonchev–Trinajstić information content (AvgIpc) is 3.19. The van der Waals surface area contributed by atoms with E-state index >= 15 is 0 Å². The number of H-pyrrole nitrogens is 1. The molecule has 0 saturated carbocycles. The molecule has 0 fully saturated rings. The largest absolute Gasteiger partial charge is 0.420 e. The number of hydrogen-bond acceptors (Lipinski definition) is 7. The first-order valence-corrected chi connectivity index (χ1v) is 9.21. The van der Waals surface area contributed by atoms with Crippen molar-refractivity contribution < 1.29 is 12.8 Å². The fourth-order valence-electron chi connectivity index (χ4n) is 2.16. The second-order valence-corrected chi connectivity index (χ2v) is 7.54. The lowest BCUT2D eigenvalue weighted by molar-refractivity contribution is 0.502. The highest BCUT2D eigenvalue weighted by atomic mass is 32.2. The molecule has 3 aromatic heterocycles. The van der Waals surface area contributed by atoms with Crippen molar-refractivity contribution in [3.8, 4) is 10.8 Å². The third-order valence-electron chi connectivity index (χ3n) is 3.16. The molecule has 0 atom stereocenters. The van der Waals surface area contributed by atoms with Gasteiger partial charge in [-0.25, -0.2) is 13.1 Å². The van der Waals surface area contributed by atoms with Crippen LogP contribution in [0.4, 0.5) is 0 Å². The van der Waals surface area contributed by atoms with Gasteiger partial charge < -0.3 is 4.42 Å². The van der Waals surface area contributed by atoms with Gasteiger partial charge in [0.05, 0.1) is 16.3 Å². The molecule has 0 unspecified atom stereocenters. The maximum Gasteiger partial charge on any atom is 0.257 e. The van der Waals surface area contributed by atoms with Crippen LogP contribution in [-0.4, -0.2) is 35.4 Å². The van der Waals surface area contributed by atoms with E-state index in [4.69, 9.17) is 4.42 Å². The van der Waals surface area contributed by atoms with E-state index < -0.39 is 10.0 Å². The molecule has 122 valence electrons. The predicted octanol–water partition coefficient (Wildman–Crippen LogP) is 1.66. The summed E-state index contributed by atoms with van der Waals surface area (Å²) >= 11 is 1.50. The summed E-state index contributed by atoms with van der Waals surface area (Å²) in [5, 5.41) is 16.4. The second kappa shape index (κ2) is 6.22. The van der Waals surface area contributed by atoms with Crippen LogP contribution < -0.4 is 4.72 Å². The summed E-state index contributed by atoms with van der Waals surface area (Å²) in [6.45, 7) is 3.47. The van der Waals surface area contributed by atoms with Crippen molar-refractivity contribution in [1.82, 2.24) is 25.1 Å². The maximum absolute atomic E-state index is 12.3. The number of aromatic amines is 1. The van der Waals surface area contributed by atoms with Gasteiger partial charge >= 0.3 is 0 Å². The van der Waals surface area contributed by atoms with Gasteiger partial charge in [-0.05, 0) is 25.3 Å². The molecule has 10 heteroatoms. The highest BCUT2D eigenvalue weighted by Crippen LogP contribution is 2.23. The Labute approximate surface area is 137 Å². The summed E-state index contributed by atoms with van der Waals surface area (Å²) in [6.07, 6.45) is 0.313. The van der Waals surface area contributed by atoms with Crippen LogP contribution >= 0.6 is 11.3 Å². The van der Waals surface area contributed by atoms with Crippen molar-refractivity contribution in [2.45, 2.75) is 25.2 Å². The van der Waals surface area contributed by atoms with E-state index in [2.05, 4.69) is 25.1 Å². The predicted molar refractivity (Wildman–Crippen MR) is 84.6 cm³/mol. The Hall–Kier alpha value is -2.04. The zero-order valence-corrected chi connectivity index (χ0v) is 14.2. The molecule has 0 aliphatic carbocycles. The minimum absolute atomic E-state index is 0.165. The van der Waals surface area contributed by atoms with Crippen LogP contribution in [0.15, 0.2) is 26.8 Å². The van der Waals surface area contributed by atoms with Gasteiger partial charge in [-0.3, -0.25) is 5.10 Å². The fraction of sp³-hybridized carbons (Fsp3) is 0.308. The Bertz CT molecular complexity index is 877. The Morgan fingerprint density at radius 1 is 1.35 bits per heavy atom. The lowest BCUT2D eigenvalue weighted by atomic mass is 10.4. The van der Waals surface area contributed by atoms with Gasteiger partial charge in [0.1, 0.15) is 4.90 Å². The SMILES string of the molecule is Cc1n[nH]c(C)c1S(=O)(=O)NCCc1nnc(-c2cccs2)o1. The van der Waals surface area contributed by atoms with Crippen LogP contribution in [0.5, 0.6) is 0 Å². The van der Waals surface area contributed by atoms with Crippen LogP contribution in [0.1, 0.15) is 17.3 Å². The van der Waals surface area contributed by atoms with Crippen molar-refractivity contribution in [2.75, 3.05) is 6.54 Å².